The average molecular weight is 156 g/mol. The van der Waals surface area contributed by atoms with E-state index in [1.54, 1.807) is 0 Å². The van der Waals surface area contributed by atoms with Gasteiger partial charge in [0.05, 0.1) is 6.17 Å². The summed E-state index contributed by atoms with van der Waals surface area (Å²) in [4.78, 5) is 2.43. The van der Waals surface area contributed by atoms with E-state index in [1.165, 1.54) is 25.8 Å². The van der Waals surface area contributed by atoms with Crippen molar-refractivity contribution in [3.63, 3.8) is 0 Å². The van der Waals surface area contributed by atoms with Crippen LogP contribution in [0.15, 0.2) is 0 Å². The molecule has 0 bridgehead atoms. The Hall–Kier alpha value is -0.0800. The molecule has 1 rings (SSSR count). The molecule has 0 spiro atoms. The topological polar surface area (TPSA) is 29.3 Å². The Morgan fingerprint density at radius 1 is 1.55 bits per heavy atom. The Bertz CT molecular complexity index is 110. The molecule has 1 aliphatic heterocycles. The molecule has 11 heavy (non-hydrogen) atoms. The molecule has 2 heteroatoms. The molecule has 66 valence electrons. The van der Waals surface area contributed by atoms with Gasteiger partial charge in [-0.15, -0.1) is 0 Å². The maximum Gasteiger partial charge on any atom is 0.0571 e. The van der Waals surface area contributed by atoms with Gasteiger partial charge in [-0.25, -0.2) is 0 Å². The van der Waals surface area contributed by atoms with Gasteiger partial charge in [0.25, 0.3) is 0 Å². The van der Waals surface area contributed by atoms with Gasteiger partial charge in [-0.05, 0) is 32.7 Å². The van der Waals surface area contributed by atoms with Crippen molar-refractivity contribution in [3.05, 3.63) is 0 Å². The van der Waals surface area contributed by atoms with Crippen LogP contribution in [0.4, 0.5) is 0 Å². The summed E-state index contributed by atoms with van der Waals surface area (Å²) in [6, 6.07) is 0.707. The summed E-state index contributed by atoms with van der Waals surface area (Å²) >= 11 is 0. The molecule has 2 nitrogen and oxygen atoms in total. The quantitative estimate of drug-likeness (QED) is 0.657. The standard InChI is InChI=1S/C9H20N2/c1-3-9(10)11-7-5-4-6-8(11)2/h8-9H,3-7,10H2,1-2H3. The summed E-state index contributed by atoms with van der Waals surface area (Å²) < 4.78 is 0. The zero-order chi connectivity index (χ0) is 8.27. The lowest BCUT2D eigenvalue weighted by molar-refractivity contribution is 0.105. The second-order valence-electron chi connectivity index (χ2n) is 3.56. The number of piperidine rings is 1. The summed E-state index contributed by atoms with van der Waals surface area (Å²) in [5.74, 6) is 0. The van der Waals surface area contributed by atoms with Gasteiger partial charge >= 0.3 is 0 Å². The van der Waals surface area contributed by atoms with E-state index in [2.05, 4.69) is 18.7 Å². The highest BCUT2D eigenvalue weighted by Crippen LogP contribution is 2.18. The first-order valence-electron chi connectivity index (χ1n) is 4.77. The van der Waals surface area contributed by atoms with Crippen molar-refractivity contribution in [3.8, 4) is 0 Å². The number of hydrogen-bond donors (Lipinski definition) is 1. The maximum absolute atomic E-state index is 5.96. The first-order chi connectivity index (χ1) is 5.25. The lowest BCUT2D eigenvalue weighted by Crippen LogP contribution is -2.49. The van der Waals surface area contributed by atoms with Crippen molar-refractivity contribution >= 4 is 0 Å². The Kier molecular flexibility index (Phi) is 3.34. The lowest BCUT2D eigenvalue weighted by atomic mass is 10.0. The Balaban J connectivity index is 2.40. The molecule has 0 aliphatic carbocycles. The van der Waals surface area contributed by atoms with Gasteiger partial charge in [0.1, 0.15) is 0 Å². The second-order valence-corrected chi connectivity index (χ2v) is 3.56. The predicted molar refractivity (Wildman–Crippen MR) is 48.3 cm³/mol. The van der Waals surface area contributed by atoms with Crippen LogP contribution in [0.2, 0.25) is 0 Å². The van der Waals surface area contributed by atoms with Crippen molar-refractivity contribution in [1.82, 2.24) is 4.90 Å². The van der Waals surface area contributed by atoms with Crippen LogP contribution in [0.25, 0.3) is 0 Å². The van der Waals surface area contributed by atoms with E-state index in [9.17, 15) is 0 Å². The zero-order valence-electron chi connectivity index (χ0n) is 7.71. The van der Waals surface area contributed by atoms with Gasteiger partial charge in [-0.2, -0.15) is 0 Å². The van der Waals surface area contributed by atoms with E-state index >= 15 is 0 Å². The van der Waals surface area contributed by atoms with Gasteiger partial charge in [-0.1, -0.05) is 13.3 Å². The van der Waals surface area contributed by atoms with E-state index in [0.717, 1.165) is 6.42 Å². The van der Waals surface area contributed by atoms with Crippen molar-refractivity contribution in [1.29, 1.82) is 0 Å². The molecule has 1 saturated heterocycles. The highest BCUT2D eigenvalue weighted by molar-refractivity contribution is 4.76. The smallest absolute Gasteiger partial charge is 0.0571 e. The largest absolute Gasteiger partial charge is 0.316 e. The van der Waals surface area contributed by atoms with Crippen molar-refractivity contribution < 1.29 is 0 Å². The third-order valence-corrected chi connectivity index (χ3v) is 2.70. The minimum absolute atomic E-state index is 0.297. The van der Waals surface area contributed by atoms with Gasteiger partial charge in [0.2, 0.25) is 0 Å². The molecule has 0 aromatic rings. The number of nitrogens with zero attached hydrogens (tertiary/aromatic N) is 1. The molecular formula is C9H20N2. The van der Waals surface area contributed by atoms with Crippen molar-refractivity contribution in [2.75, 3.05) is 6.54 Å². The molecule has 2 atom stereocenters. The highest BCUT2D eigenvalue weighted by Gasteiger charge is 2.21. The monoisotopic (exact) mass is 156 g/mol. The third-order valence-electron chi connectivity index (χ3n) is 2.70. The molecule has 2 unspecified atom stereocenters. The molecule has 0 aromatic carbocycles. The Morgan fingerprint density at radius 3 is 2.82 bits per heavy atom. The van der Waals surface area contributed by atoms with Crippen LogP contribution in [-0.4, -0.2) is 23.7 Å². The minimum atomic E-state index is 0.297. The van der Waals surface area contributed by atoms with Crippen molar-refractivity contribution in [2.24, 2.45) is 5.73 Å². The highest BCUT2D eigenvalue weighted by atomic mass is 15.2. The second kappa shape index (κ2) is 4.07. The molecule has 0 amide bonds. The Morgan fingerprint density at radius 2 is 2.27 bits per heavy atom. The SMILES string of the molecule is CCC(N)N1CCCCC1C. The number of nitrogens with two attached hydrogens (primary N) is 1. The van der Waals surface area contributed by atoms with Gasteiger partial charge < -0.3 is 5.73 Å². The summed E-state index contributed by atoms with van der Waals surface area (Å²) in [6.45, 7) is 5.65. The molecule has 2 N–H and O–H groups in total. The fourth-order valence-corrected chi connectivity index (χ4v) is 1.85. The fourth-order valence-electron chi connectivity index (χ4n) is 1.85. The van der Waals surface area contributed by atoms with Crippen LogP contribution in [0.1, 0.15) is 39.5 Å². The predicted octanol–water partition coefficient (Wildman–Crippen LogP) is 1.56. The Labute approximate surface area is 69.8 Å². The van der Waals surface area contributed by atoms with Crippen LogP contribution in [0, 0.1) is 0 Å². The van der Waals surface area contributed by atoms with Crippen LogP contribution in [0.5, 0.6) is 0 Å². The van der Waals surface area contributed by atoms with Crippen LogP contribution >= 0.6 is 0 Å². The average Bonchev–Trinajstić information content (AvgIpc) is 2.04. The fraction of sp³-hybridized carbons (Fsp3) is 1.00. The van der Waals surface area contributed by atoms with Crippen LogP contribution in [0.3, 0.4) is 0 Å². The van der Waals surface area contributed by atoms with E-state index in [1.807, 2.05) is 0 Å². The number of hydrogen-bond acceptors (Lipinski definition) is 2. The summed E-state index contributed by atoms with van der Waals surface area (Å²) in [5.41, 5.74) is 5.96. The van der Waals surface area contributed by atoms with Gasteiger partial charge in [0.15, 0.2) is 0 Å². The minimum Gasteiger partial charge on any atom is -0.316 e. The van der Waals surface area contributed by atoms with Crippen molar-refractivity contribution in [2.45, 2.75) is 51.7 Å². The third kappa shape index (κ3) is 2.17. The molecule has 0 radical (unpaired) electrons. The zero-order valence-corrected chi connectivity index (χ0v) is 7.71. The van der Waals surface area contributed by atoms with E-state index in [-0.39, 0.29) is 0 Å². The van der Waals surface area contributed by atoms with E-state index in [0.29, 0.717) is 12.2 Å². The summed E-state index contributed by atoms with van der Waals surface area (Å²) in [5, 5.41) is 0. The molecular weight excluding hydrogens is 136 g/mol. The normalized spacial score (nSPS) is 30.3. The van der Waals surface area contributed by atoms with E-state index < -0.39 is 0 Å². The first kappa shape index (κ1) is 9.01. The molecule has 0 aromatic heterocycles. The van der Waals surface area contributed by atoms with Gasteiger partial charge in [-0.3, -0.25) is 4.90 Å². The first-order valence-corrected chi connectivity index (χ1v) is 4.77. The molecule has 1 fully saturated rings. The summed E-state index contributed by atoms with van der Waals surface area (Å²) in [6.07, 6.45) is 5.41. The number of likely N-dealkylation sites (tertiary alicyclic amines) is 1. The lowest BCUT2D eigenvalue weighted by Gasteiger charge is -2.37. The molecule has 0 saturated carbocycles. The number of rotatable bonds is 2. The molecule has 1 aliphatic rings. The van der Waals surface area contributed by atoms with E-state index in [4.69, 9.17) is 5.73 Å². The van der Waals surface area contributed by atoms with Gasteiger partial charge in [0, 0.05) is 6.04 Å². The summed E-state index contributed by atoms with van der Waals surface area (Å²) in [7, 11) is 0. The van der Waals surface area contributed by atoms with Crippen LogP contribution < -0.4 is 5.73 Å². The van der Waals surface area contributed by atoms with Crippen LogP contribution in [-0.2, 0) is 0 Å². The molecule has 1 heterocycles. The maximum atomic E-state index is 5.96.